The maximum absolute atomic E-state index is 14.1. The highest BCUT2D eigenvalue weighted by atomic mass is 19.4. The summed E-state index contributed by atoms with van der Waals surface area (Å²) in [6, 6.07) is 12.2. The Morgan fingerprint density at radius 3 is 2.30 bits per heavy atom. The third-order valence-corrected chi connectivity index (χ3v) is 5.77. The lowest BCUT2D eigenvalue weighted by molar-refractivity contribution is -0.142. The fourth-order valence-electron chi connectivity index (χ4n) is 4.01. The van der Waals surface area contributed by atoms with E-state index in [0.29, 0.717) is 35.2 Å². The van der Waals surface area contributed by atoms with E-state index in [1.807, 2.05) is 0 Å². The number of fused-ring (bicyclic) bond motifs is 1. The second-order valence-electron chi connectivity index (χ2n) is 8.34. The molecule has 37 heavy (non-hydrogen) atoms. The van der Waals surface area contributed by atoms with Crippen molar-refractivity contribution in [2.24, 2.45) is 4.99 Å². The summed E-state index contributed by atoms with van der Waals surface area (Å²) in [6.07, 6.45) is -8.37. The molecule has 0 saturated heterocycles. The van der Waals surface area contributed by atoms with Gasteiger partial charge in [0.15, 0.2) is 0 Å². The van der Waals surface area contributed by atoms with E-state index < -0.39 is 29.0 Å². The second kappa shape index (κ2) is 9.02. The molecule has 1 aliphatic heterocycles. The van der Waals surface area contributed by atoms with Crippen molar-refractivity contribution in [2.75, 3.05) is 0 Å². The molecule has 190 valence electrons. The molecule has 3 heterocycles. The van der Waals surface area contributed by atoms with E-state index in [4.69, 9.17) is 0 Å². The average Bonchev–Trinajstić information content (AvgIpc) is 3.26. The number of halogens is 7. The fourth-order valence-corrected chi connectivity index (χ4v) is 4.01. The van der Waals surface area contributed by atoms with Crippen LogP contribution in [0.3, 0.4) is 0 Å². The van der Waals surface area contributed by atoms with Gasteiger partial charge in [0.25, 0.3) is 0 Å². The Bertz CT molecular complexity index is 1470. The van der Waals surface area contributed by atoms with Crippen LogP contribution in [0.2, 0.25) is 0 Å². The molecule has 2 aromatic heterocycles. The highest BCUT2D eigenvalue weighted by Gasteiger charge is 2.38. The van der Waals surface area contributed by atoms with Gasteiger partial charge >= 0.3 is 12.4 Å². The minimum Gasteiger partial charge on any atom is -0.355 e. The fraction of sp³-hybridized carbons (Fsp3) is 0.160. The minimum absolute atomic E-state index is 0.0681. The predicted molar refractivity (Wildman–Crippen MR) is 121 cm³/mol. The van der Waals surface area contributed by atoms with Crippen molar-refractivity contribution in [1.29, 1.82) is 0 Å². The monoisotopic (exact) mass is 519 g/mol. The van der Waals surface area contributed by atoms with Gasteiger partial charge < -0.3 is 9.88 Å². The number of H-pyrrole nitrogens is 1. The van der Waals surface area contributed by atoms with Crippen LogP contribution in [0, 0.1) is 5.82 Å². The molecule has 0 spiro atoms. The topological polar surface area (TPSA) is 57.2 Å². The van der Waals surface area contributed by atoms with Gasteiger partial charge in [0.1, 0.15) is 5.82 Å². The molecule has 5 rings (SSSR count). The molecule has 0 fully saturated rings. The van der Waals surface area contributed by atoms with Crippen LogP contribution < -0.4 is 0 Å². The van der Waals surface area contributed by atoms with Crippen molar-refractivity contribution in [3.05, 3.63) is 89.0 Å². The van der Waals surface area contributed by atoms with Crippen molar-refractivity contribution in [1.82, 2.24) is 20.1 Å². The zero-order chi connectivity index (χ0) is 26.4. The van der Waals surface area contributed by atoms with Gasteiger partial charge in [0.05, 0.1) is 59.0 Å². The molecule has 0 amide bonds. The Labute approximate surface area is 205 Å². The Morgan fingerprint density at radius 2 is 1.62 bits per heavy atom. The van der Waals surface area contributed by atoms with Crippen LogP contribution in [0.1, 0.15) is 22.5 Å². The van der Waals surface area contributed by atoms with Crippen LogP contribution in [-0.4, -0.2) is 26.4 Å². The summed E-state index contributed by atoms with van der Waals surface area (Å²) in [5.41, 5.74) is -0.793. The number of rotatable bonds is 4. The number of nitrogens with one attached hydrogen (secondary N) is 1. The summed E-state index contributed by atoms with van der Waals surface area (Å²) in [4.78, 5) is 9.29. The third-order valence-electron chi connectivity index (χ3n) is 5.77. The first-order valence-electron chi connectivity index (χ1n) is 10.9. The van der Waals surface area contributed by atoms with Crippen LogP contribution in [0.15, 0.2) is 65.7 Å². The SMILES string of the molecule is Fc1ccccc1-c1cc2c([nH]1)CN(Cc1ccc(-c3ccc(C(F)(F)F)cc3C(F)(F)F)nn1)C=N2. The maximum Gasteiger partial charge on any atom is 0.417 e. The molecule has 0 unspecified atom stereocenters. The van der Waals surface area contributed by atoms with Crippen molar-refractivity contribution in [3.63, 3.8) is 0 Å². The highest BCUT2D eigenvalue weighted by molar-refractivity contribution is 5.72. The average molecular weight is 519 g/mol. The molecule has 4 aromatic rings. The first kappa shape index (κ1) is 24.5. The van der Waals surface area contributed by atoms with Gasteiger partial charge in [-0.1, -0.05) is 18.2 Å². The first-order chi connectivity index (χ1) is 17.5. The van der Waals surface area contributed by atoms with E-state index in [-0.39, 0.29) is 24.1 Å². The Morgan fingerprint density at radius 1 is 0.838 bits per heavy atom. The normalized spacial score (nSPS) is 13.6. The quantitative estimate of drug-likeness (QED) is 0.296. The number of alkyl halides is 6. The number of aromatic nitrogens is 3. The lowest BCUT2D eigenvalue weighted by Gasteiger charge is -2.22. The lowest BCUT2D eigenvalue weighted by atomic mass is 10.00. The van der Waals surface area contributed by atoms with Crippen LogP contribution in [-0.2, 0) is 25.4 Å². The van der Waals surface area contributed by atoms with Crippen LogP contribution in [0.5, 0.6) is 0 Å². The molecular weight excluding hydrogens is 503 g/mol. The van der Waals surface area contributed by atoms with Crippen molar-refractivity contribution >= 4 is 12.0 Å². The van der Waals surface area contributed by atoms with E-state index in [1.165, 1.54) is 18.2 Å². The number of hydrogen-bond donors (Lipinski definition) is 1. The first-order valence-corrected chi connectivity index (χ1v) is 10.9. The number of benzene rings is 2. The molecule has 0 atom stereocenters. The van der Waals surface area contributed by atoms with E-state index >= 15 is 0 Å². The largest absolute Gasteiger partial charge is 0.417 e. The zero-order valence-corrected chi connectivity index (χ0v) is 18.7. The Kier molecular flexibility index (Phi) is 5.97. The summed E-state index contributed by atoms with van der Waals surface area (Å²) in [5, 5.41) is 7.79. The van der Waals surface area contributed by atoms with E-state index in [0.717, 1.165) is 11.8 Å². The smallest absolute Gasteiger partial charge is 0.355 e. The molecule has 5 nitrogen and oxygen atoms in total. The summed E-state index contributed by atoms with van der Waals surface area (Å²) in [5.74, 6) is -0.376. The molecule has 1 N–H and O–H groups in total. The minimum atomic E-state index is -5.02. The summed E-state index contributed by atoms with van der Waals surface area (Å²) in [6.45, 7) is 0.594. The number of aromatic amines is 1. The van der Waals surface area contributed by atoms with Crippen molar-refractivity contribution in [3.8, 4) is 22.5 Å². The summed E-state index contributed by atoms with van der Waals surface area (Å²) in [7, 11) is 0. The van der Waals surface area contributed by atoms with Gasteiger partial charge in [-0.05, 0) is 42.5 Å². The van der Waals surface area contributed by atoms with Gasteiger partial charge in [-0.15, -0.1) is 0 Å². The lowest BCUT2D eigenvalue weighted by Crippen LogP contribution is -2.24. The van der Waals surface area contributed by atoms with Crippen molar-refractivity contribution in [2.45, 2.75) is 25.4 Å². The third kappa shape index (κ3) is 5.04. The van der Waals surface area contributed by atoms with E-state index in [2.05, 4.69) is 20.2 Å². The van der Waals surface area contributed by atoms with Gasteiger partial charge in [-0.2, -0.15) is 36.5 Å². The van der Waals surface area contributed by atoms with Crippen LogP contribution in [0.25, 0.3) is 22.5 Å². The predicted octanol–water partition coefficient (Wildman–Crippen LogP) is 6.99. The van der Waals surface area contributed by atoms with Gasteiger partial charge in [0.2, 0.25) is 0 Å². The molecule has 1 aliphatic rings. The molecule has 2 aromatic carbocycles. The maximum atomic E-state index is 14.1. The summed E-state index contributed by atoms with van der Waals surface area (Å²) >= 11 is 0. The summed E-state index contributed by atoms with van der Waals surface area (Å²) < 4.78 is 93.4. The van der Waals surface area contributed by atoms with Crippen LogP contribution >= 0.6 is 0 Å². The van der Waals surface area contributed by atoms with E-state index in [9.17, 15) is 30.7 Å². The molecule has 0 bridgehead atoms. The number of nitrogens with zero attached hydrogens (tertiary/aromatic N) is 4. The second-order valence-corrected chi connectivity index (χ2v) is 8.34. The Balaban J connectivity index is 1.34. The molecule has 12 heteroatoms. The van der Waals surface area contributed by atoms with Gasteiger partial charge in [-0.3, -0.25) is 0 Å². The zero-order valence-electron chi connectivity index (χ0n) is 18.7. The molecular formula is C25H16F7N5. The van der Waals surface area contributed by atoms with Gasteiger partial charge in [-0.25, -0.2) is 9.38 Å². The van der Waals surface area contributed by atoms with Crippen molar-refractivity contribution < 1.29 is 30.7 Å². The molecule has 0 radical (unpaired) electrons. The highest BCUT2D eigenvalue weighted by Crippen LogP contribution is 2.40. The Hall–Kier alpha value is -4.22. The van der Waals surface area contributed by atoms with Gasteiger partial charge in [0, 0.05) is 11.1 Å². The number of aliphatic imine (C=N–C) groups is 1. The standard InChI is InChI=1S/C25H16F7N5/c26-19-4-2-1-3-17(19)21-10-22-23(34-21)12-37(13-33-22)11-15-6-8-20(36-35-15)16-7-5-14(24(27,28)29)9-18(16)25(30,31)32/h1-10,13,34H,11-12H2. The number of hydrogen-bond acceptors (Lipinski definition) is 4. The van der Waals surface area contributed by atoms with E-state index in [1.54, 1.807) is 35.5 Å². The van der Waals surface area contributed by atoms with Crippen LogP contribution in [0.4, 0.5) is 36.4 Å². The molecule has 0 aliphatic carbocycles. The molecule has 0 saturated carbocycles.